The lowest BCUT2D eigenvalue weighted by Crippen LogP contribution is -2.31. The molecule has 1 aromatic rings. The number of esters is 1. The third-order valence-corrected chi connectivity index (χ3v) is 2.80. The summed E-state index contributed by atoms with van der Waals surface area (Å²) in [6.07, 6.45) is 1.12. The van der Waals surface area contributed by atoms with Gasteiger partial charge >= 0.3 is 5.97 Å². The predicted molar refractivity (Wildman–Crippen MR) is 78.1 cm³/mol. The molecule has 4 heteroatoms. The molecule has 0 amide bonds. The quantitative estimate of drug-likeness (QED) is 0.451. The summed E-state index contributed by atoms with van der Waals surface area (Å²) in [5, 5.41) is 3.33. The highest BCUT2D eigenvalue weighted by molar-refractivity contribution is 5.89. The van der Waals surface area contributed by atoms with E-state index in [1.165, 1.54) is 0 Å². The Morgan fingerprint density at radius 3 is 2.47 bits per heavy atom. The highest BCUT2D eigenvalue weighted by atomic mass is 16.5. The van der Waals surface area contributed by atoms with Gasteiger partial charge in [0.2, 0.25) is 0 Å². The van der Waals surface area contributed by atoms with Crippen LogP contribution in [0.2, 0.25) is 0 Å². The number of nitrogens with one attached hydrogen (secondary N) is 1. The minimum atomic E-state index is -0.307. The average molecular weight is 264 g/mol. The highest BCUT2D eigenvalue weighted by Gasteiger charge is 2.07. The first kappa shape index (κ1) is 15.5. The summed E-state index contributed by atoms with van der Waals surface area (Å²) in [7, 11) is 0. The molecule has 1 aromatic carbocycles. The van der Waals surface area contributed by atoms with E-state index in [1.54, 1.807) is 24.3 Å². The highest BCUT2D eigenvalue weighted by Crippen LogP contribution is 2.07. The van der Waals surface area contributed by atoms with Crippen LogP contribution in [0.4, 0.5) is 5.69 Å². The molecule has 1 atom stereocenters. The number of rotatable bonds is 7. The van der Waals surface area contributed by atoms with Gasteiger partial charge in [0.05, 0.1) is 5.56 Å². The number of benzene rings is 1. The van der Waals surface area contributed by atoms with Crippen LogP contribution in [0.1, 0.15) is 37.6 Å². The number of nitrogen functional groups attached to an aromatic ring is 1. The van der Waals surface area contributed by atoms with Crippen molar-refractivity contribution in [2.24, 2.45) is 5.92 Å². The zero-order valence-corrected chi connectivity index (χ0v) is 12.0. The van der Waals surface area contributed by atoms with E-state index in [4.69, 9.17) is 10.5 Å². The van der Waals surface area contributed by atoms with Crippen LogP contribution in [-0.2, 0) is 4.74 Å². The largest absolute Gasteiger partial charge is 0.461 e. The minimum absolute atomic E-state index is 0.307. The van der Waals surface area contributed by atoms with Crippen LogP contribution in [-0.4, -0.2) is 25.2 Å². The van der Waals surface area contributed by atoms with Crippen LogP contribution in [0, 0.1) is 5.92 Å². The molecule has 3 N–H and O–H groups in total. The molecule has 0 heterocycles. The van der Waals surface area contributed by atoms with Crippen molar-refractivity contribution in [1.29, 1.82) is 0 Å². The lowest BCUT2D eigenvalue weighted by atomic mass is 10.1. The number of hydrogen-bond donors (Lipinski definition) is 2. The Labute approximate surface area is 115 Å². The number of ether oxygens (including phenoxy) is 1. The summed E-state index contributed by atoms with van der Waals surface area (Å²) in [5.74, 6) is 0.359. The molecule has 0 aliphatic heterocycles. The van der Waals surface area contributed by atoms with Crippen molar-refractivity contribution in [2.75, 3.05) is 18.9 Å². The van der Waals surface area contributed by atoms with Crippen molar-refractivity contribution in [3.63, 3.8) is 0 Å². The van der Waals surface area contributed by atoms with Gasteiger partial charge in [0.15, 0.2) is 0 Å². The number of carbonyl (C=O) groups excluding carboxylic acids is 1. The van der Waals surface area contributed by atoms with E-state index in [0.717, 1.165) is 6.42 Å². The molecule has 0 saturated carbocycles. The molecule has 1 unspecified atom stereocenters. The Morgan fingerprint density at radius 2 is 1.89 bits per heavy atom. The molecule has 0 spiro atoms. The van der Waals surface area contributed by atoms with E-state index < -0.39 is 0 Å². The maximum Gasteiger partial charge on any atom is 0.338 e. The third kappa shape index (κ3) is 6.25. The zero-order valence-electron chi connectivity index (χ0n) is 12.0. The van der Waals surface area contributed by atoms with Gasteiger partial charge in [0.25, 0.3) is 0 Å². The summed E-state index contributed by atoms with van der Waals surface area (Å²) < 4.78 is 5.18. The fourth-order valence-electron chi connectivity index (χ4n) is 1.94. The SMILES string of the molecule is CC(C)CC(C)NCCOC(=O)c1ccc(N)cc1. The fourth-order valence-corrected chi connectivity index (χ4v) is 1.94. The van der Waals surface area contributed by atoms with Gasteiger partial charge in [-0.2, -0.15) is 0 Å². The van der Waals surface area contributed by atoms with Gasteiger partial charge in [0, 0.05) is 18.3 Å². The number of anilines is 1. The van der Waals surface area contributed by atoms with Gasteiger partial charge in [-0.15, -0.1) is 0 Å². The van der Waals surface area contributed by atoms with Crippen molar-refractivity contribution >= 4 is 11.7 Å². The number of carbonyl (C=O) groups is 1. The topological polar surface area (TPSA) is 64.3 Å². The van der Waals surface area contributed by atoms with E-state index in [1.807, 2.05) is 0 Å². The van der Waals surface area contributed by atoms with Gasteiger partial charge in [-0.25, -0.2) is 4.79 Å². The van der Waals surface area contributed by atoms with Crippen LogP contribution >= 0.6 is 0 Å². The van der Waals surface area contributed by atoms with Crippen molar-refractivity contribution < 1.29 is 9.53 Å². The van der Waals surface area contributed by atoms with E-state index in [2.05, 4.69) is 26.1 Å². The maximum atomic E-state index is 11.7. The molecule has 19 heavy (non-hydrogen) atoms. The Kier molecular flexibility index (Phi) is 6.36. The van der Waals surface area contributed by atoms with E-state index >= 15 is 0 Å². The summed E-state index contributed by atoms with van der Waals surface area (Å²) in [6, 6.07) is 7.17. The van der Waals surface area contributed by atoms with Gasteiger partial charge in [-0.3, -0.25) is 0 Å². The predicted octanol–water partition coefficient (Wildman–Crippen LogP) is 2.45. The molecule has 1 rings (SSSR count). The molecule has 0 bridgehead atoms. The standard InChI is InChI=1S/C15H24N2O2/c1-11(2)10-12(3)17-8-9-19-15(18)13-4-6-14(16)7-5-13/h4-7,11-12,17H,8-10,16H2,1-3H3. The Bertz CT molecular complexity index is 388. The van der Waals surface area contributed by atoms with E-state index in [0.29, 0.717) is 36.4 Å². The summed E-state index contributed by atoms with van der Waals surface area (Å²) in [6.45, 7) is 7.58. The molecule has 0 fully saturated rings. The van der Waals surface area contributed by atoms with Gasteiger partial charge in [-0.05, 0) is 43.5 Å². The molecule has 0 saturated heterocycles. The molecule has 4 nitrogen and oxygen atoms in total. The molecule has 0 aliphatic carbocycles. The number of hydrogen-bond acceptors (Lipinski definition) is 4. The molecular formula is C15H24N2O2. The van der Waals surface area contributed by atoms with Crippen molar-refractivity contribution in [3.05, 3.63) is 29.8 Å². The van der Waals surface area contributed by atoms with E-state index in [9.17, 15) is 4.79 Å². The lowest BCUT2D eigenvalue weighted by Gasteiger charge is -2.15. The lowest BCUT2D eigenvalue weighted by molar-refractivity contribution is 0.0505. The van der Waals surface area contributed by atoms with Crippen LogP contribution in [0.3, 0.4) is 0 Å². The smallest absolute Gasteiger partial charge is 0.338 e. The molecule has 106 valence electrons. The Hall–Kier alpha value is -1.55. The minimum Gasteiger partial charge on any atom is -0.461 e. The molecular weight excluding hydrogens is 240 g/mol. The van der Waals surface area contributed by atoms with Gasteiger partial charge < -0.3 is 15.8 Å². The second-order valence-corrected chi connectivity index (χ2v) is 5.24. The van der Waals surface area contributed by atoms with Gasteiger partial charge in [0.1, 0.15) is 6.61 Å². The summed E-state index contributed by atoms with van der Waals surface area (Å²) in [5.41, 5.74) is 6.73. The normalized spacial score (nSPS) is 12.4. The first-order valence-electron chi connectivity index (χ1n) is 6.75. The van der Waals surface area contributed by atoms with Crippen molar-refractivity contribution in [3.8, 4) is 0 Å². The van der Waals surface area contributed by atoms with Crippen LogP contribution in [0.5, 0.6) is 0 Å². The zero-order chi connectivity index (χ0) is 14.3. The number of nitrogens with two attached hydrogens (primary N) is 1. The van der Waals surface area contributed by atoms with Gasteiger partial charge in [-0.1, -0.05) is 13.8 Å². The first-order valence-corrected chi connectivity index (χ1v) is 6.75. The molecule has 0 aliphatic rings. The Balaban J connectivity index is 2.22. The fraction of sp³-hybridized carbons (Fsp3) is 0.533. The average Bonchev–Trinajstić information content (AvgIpc) is 2.34. The summed E-state index contributed by atoms with van der Waals surface area (Å²) >= 11 is 0. The molecule has 0 radical (unpaired) electrons. The van der Waals surface area contributed by atoms with Crippen molar-refractivity contribution in [2.45, 2.75) is 33.2 Å². The maximum absolute atomic E-state index is 11.7. The van der Waals surface area contributed by atoms with Crippen LogP contribution < -0.4 is 11.1 Å². The van der Waals surface area contributed by atoms with Crippen LogP contribution in [0.25, 0.3) is 0 Å². The van der Waals surface area contributed by atoms with E-state index in [-0.39, 0.29) is 5.97 Å². The second kappa shape index (κ2) is 7.79. The third-order valence-electron chi connectivity index (χ3n) is 2.80. The Morgan fingerprint density at radius 1 is 1.26 bits per heavy atom. The molecule has 0 aromatic heterocycles. The second-order valence-electron chi connectivity index (χ2n) is 5.24. The summed E-state index contributed by atoms with van der Waals surface area (Å²) in [4.78, 5) is 11.7. The van der Waals surface area contributed by atoms with Crippen molar-refractivity contribution in [1.82, 2.24) is 5.32 Å². The first-order chi connectivity index (χ1) is 8.99. The monoisotopic (exact) mass is 264 g/mol. The van der Waals surface area contributed by atoms with Crippen LogP contribution in [0.15, 0.2) is 24.3 Å².